The number of hydrogen-bond donors (Lipinski definition) is 2. The van der Waals surface area contributed by atoms with Crippen LogP contribution in [-0.2, 0) is 14.9 Å². The Morgan fingerprint density at radius 2 is 2.22 bits per heavy atom. The lowest BCUT2D eigenvalue weighted by molar-refractivity contribution is 0.0601. The van der Waals surface area contributed by atoms with Gasteiger partial charge in [-0.2, -0.15) is 13.1 Å². The normalized spacial score (nSPS) is 11.0. The molecule has 1 aromatic rings. The Hall–Kier alpha value is -1.67. The van der Waals surface area contributed by atoms with Gasteiger partial charge >= 0.3 is 5.97 Å². The van der Waals surface area contributed by atoms with Crippen molar-refractivity contribution in [3.05, 3.63) is 23.9 Å². The van der Waals surface area contributed by atoms with Crippen molar-refractivity contribution >= 4 is 22.0 Å². The van der Waals surface area contributed by atoms with E-state index in [0.717, 1.165) is 0 Å². The van der Waals surface area contributed by atoms with Crippen LogP contribution in [0.3, 0.4) is 0 Å². The first-order valence-corrected chi connectivity index (χ1v) is 6.79. The number of carbonyl (C=O) groups excluding carboxylic acids is 1. The summed E-state index contributed by atoms with van der Waals surface area (Å²) in [6, 6.07) is 2.94. The third-order valence-electron chi connectivity index (χ3n) is 1.99. The Bertz CT molecular complexity index is 516. The number of nitrogens with zero attached hydrogens (tertiary/aromatic N) is 1. The van der Waals surface area contributed by atoms with Crippen LogP contribution in [0.1, 0.15) is 23.7 Å². The van der Waals surface area contributed by atoms with E-state index < -0.39 is 16.2 Å². The monoisotopic (exact) mass is 273 g/mol. The van der Waals surface area contributed by atoms with E-state index in [1.54, 1.807) is 0 Å². The Morgan fingerprint density at radius 1 is 1.50 bits per heavy atom. The summed E-state index contributed by atoms with van der Waals surface area (Å²) in [5.74, 6) is -0.718. The molecule has 0 bridgehead atoms. The van der Waals surface area contributed by atoms with Gasteiger partial charge in [-0.05, 0) is 18.6 Å². The summed E-state index contributed by atoms with van der Waals surface area (Å²) >= 11 is 0. The number of anilines is 1. The first-order valence-electron chi connectivity index (χ1n) is 5.31. The number of pyridine rings is 1. The SMILES string of the molecule is CCCNS(=O)(=O)Nc1ncccc1C(=O)OC. The molecule has 0 aliphatic rings. The predicted octanol–water partition coefficient (Wildman–Crippen LogP) is 0.524. The van der Waals surface area contributed by atoms with Crippen LogP contribution in [0.25, 0.3) is 0 Å². The lowest BCUT2D eigenvalue weighted by atomic mass is 10.2. The summed E-state index contributed by atoms with van der Waals surface area (Å²) in [4.78, 5) is 15.2. The lowest BCUT2D eigenvalue weighted by Crippen LogP contribution is -2.31. The smallest absolute Gasteiger partial charge is 0.341 e. The second-order valence-electron chi connectivity index (χ2n) is 3.39. The van der Waals surface area contributed by atoms with Crippen LogP contribution in [0.15, 0.2) is 18.3 Å². The standard InChI is InChI=1S/C10H15N3O4S/c1-3-6-12-18(15,16)13-9-8(10(14)17-2)5-4-7-11-9/h4-5,7,12H,3,6H2,1-2H3,(H,11,13). The number of methoxy groups -OCH3 is 1. The van der Waals surface area contributed by atoms with E-state index in [2.05, 4.69) is 19.2 Å². The molecule has 1 heterocycles. The molecule has 7 nitrogen and oxygen atoms in total. The fourth-order valence-corrected chi connectivity index (χ4v) is 2.12. The van der Waals surface area contributed by atoms with E-state index in [1.807, 2.05) is 6.92 Å². The largest absolute Gasteiger partial charge is 0.465 e. The maximum absolute atomic E-state index is 11.6. The van der Waals surface area contributed by atoms with Gasteiger partial charge in [0, 0.05) is 12.7 Å². The minimum Gasteiger partial charge on any atom is -0.465 e. The molecule has 0 amide bonds. The van der Waals surface area contributed by atoms with Gasteiger partial charge in [-0.15, -0.1) is 0 Å². The van der Waals surface area contributed by atoms with Crippen LogP contribution in [0, 0.1) is 0 Å². The summed E-state index contributed by atoms with van der Waals surface area (Å²) < 4.78 is 32.3. The predicted molar refractivity (Wildman–Crippen MR) is 66.4 cm³/mol. The summed E-state index contributed by atoms with van der Waals surface area (Å²) in [5.41, 5.74) is 0.0573. The molecule has 0 spiro atoms. The van der Waals surface area contributed by atoms with Crippen molar-refractivity contribution in [2.75, 3.05) is 18.4 Å². The summed E-state index contributed by atoms with van der Waals surface area (Å²) in [6.45, 7) is 2.14. The molecule has 0 fully saturated rings. The minimum atomic E-state index is -3.73. The first kappa shape index (κ1) is 14.4. The highest BCUT2D eigenvalue weighted by molar-refractivity contribution is 7.90. The quantitative estimate of drug-likeness (QED) is 0.737. The van der Waals surface area contributed by atoms with Crippen LogP contribution in [-0.4, -0.2) is 33.0 Å². The van der Waals surface area contributed by atoms with Crippen molar-refractivity contribution in [1.82, 2.24) is 9.71 Å². The molecule has 1 rings (SSSR count). The number of aromatic nitrogens is 1. The number of esters is 1. The molecule has 0 aliphatic carbocycles. The summed E-state index contributed by atoms with van der Waals surface area (Å²) in [7, 11) is -2.52. The van der Waals surface area contributed by atoms with Crippen molar-refractivity contribution < 1.29 is 17.9 Å². The fraction of sp³-hybridized carbons (Fsp3) is 0.400. The second-order valence-corrected chi connectivity index (χ2v) is 4.89. The number of rotatable bonds is 6. The van der Waals surface area contributed by atoms with E-state index in [1.165, 1.54) is 25.4 Å². The van der Waals surface area contributed by atoms with Crippen LogP contribution < -0.4 is 9.44 Å². The number of hydrogen-bond acceptors (Lipinski definition) is 5. The van der Waals surface area contributed by atoms with Crippen molar-refractivity contribution in [3.8, 4) is 0 Å². The molecule has 0 radical (unpaired) electrons. The van der Waals surface area contributed by atoms with E-state index in [-0.39, 0.29) is 11.4 Å². The zero-order valence-electron chi connectivity index (χ0n) is 10.1. The molecule has 0 aliphatic heterocycles. The van der Waals surface area contributed by atoms with Gasteiger partial charge in [-0.1, -0.05) is 6.92 Å². The number of ether oxygens (including phenoxy) is 1. The molecule has 8 heteroatoms. The maximum Gasteiger partial charge on any atom is 0.341 e. The Kier molecular flexibility index (Phi) is 5.05. The van der Waals surface area contributed by atoms with Gasteiger partial charge in [-0.3, -0.25) is 4.72 Å². The van der Waals surface area contributed by atoms with Gasteiger partial charge in [0.15, 0.2) is 5.82 Å². The molecule has 0 atom stereocenters. The molecular weight excluding hydrogens is 258 g/mol. The van der Waals surface area contributed by atoms with Crippen molar-refractivity contribution in [2.45, 2.75) is 13.3 Å². The van der Waals surface area contributed by atoms with Gasteiger partial charge in [0.25, 0.3) is 10.2 Å². The molecule has 18 heavy (non-hydrogen) atoms. The van der Waals surface area contributed by atoms with E-state index in [4.69, 9.17) is 0 Å². The maximum atomic E-state index is 11.6. The Labute approximate surface area is 106 Å². The minimum absolute atomic E-state index is 0.0573. The Balaban J connectivity index is 2.94. The molecule has 2 N–H and O–H groups in total. The van der Waals surface area contributed by atoms with Crippen LogP contribution in [0.5, 0.6) is 0 Å². The van der Waals surface area contributed by atoms with Crippen LogP contribution in [0.2, 0.25) is 0 Å². The molecule has 1 aromatic heterocycles. The van der Waals surface area contributed by atoms with E-state index in [0.29, 0.717) is 13.0 Å². The van der Waals surface area contributed by atoms with E-state index in [9.17, 15) is 13.2 Å². The van der Waals surface area contributed by atoms with Gasteiger partial charge in [0.1, 0.15) is 5.56 Å². The van der Waals surface area contributed by atoms with Gasteiger partial charge in [0.2, 0.25) is 0 Å². The molecule has 100 valence electrons. The zero-order valence-corrected chi connectivity index (χ0v) is 11.0. The van der Waals surface area contributed by atoms with Crippen molar-refractivity contribution in [2.24, 2.45) is 0 Å². The van der Waals surface area contributed by atoms with Crippen molar-refractivity contribution in [3.63, 3.8) is 0 Å². The van der Waals surface area contributed by atoms with E-state index >= 15 is 0 Å². The highest BCUT2D eigenvalue weighted by Crippen LogP contribution is 2.13. The van der Waals surface area contributed by atoms with Crippen LogP contribution >= 0.6 is 0 Å². The highest BCUT2D eigenvalue weighted by Gasteiger charge is 2.17. The van der Waals surface area contributed by atoms with Crippen molar-refractivity contribution in [1.29, 1.82) is 0 Å². The molecule has 0 aromatic carbocycles. The molecule has 0 saturated carbocycles. The van der Waals surface area contributed by atoms with Gasteiger partial charge < -0.3 is 4.74 Å². The lowest BCUT2D eigenvalue weighted by Gasteiger charge is -2.10. The first-order chi connectivity index (χ1) is 8.50. The fourth-order valence-electron chi connectivity index (χ4n) is 1.16. The third-order valence-corrected chi connectivity index (χ3v) is 3.03. The van der Waals surface area contributed by atoms with Gasteiger partial charge in [-0.25, -0.2) is 9.78 Å². The van der Waals surface area contributed by atoms with Crippen LogP contribution in [0.4, 0.5) is 5.82 Å². The molecular formula is C10H15N3O4S. The Morgan fingerprint density at radius 3 is 2.83 bits per heavy atom. The average Bonchev–Trinajstić information content (AvgIpc) is 2.36. The molecule has 0 saturated heterocycles. The third kappa shape index (κ3) is 3.97. The summed E-state index contributed by atoms with van der Waals surface area (Å²) in [5, 5.41) is 0. The number of carbonyl (C=O) groups is 1. The van der Waals surface area contributed by atoms with Gasteiger partial charge in [0.05, 0.1) is 7.11 Å². The average molecular weight is 273 g/mol. The topological polar surface area (TPSA) is 97.4 Å². The highest BCUT2D eigenvalue weighted by atomic mass is 32.2. The summed E-state index contributed by atoms with van der Waals surface area (Å²) in [6.07, 6.45) is 2.04. The zero-order chi connectivity index (χ0) is 13.6. The molecule has 0 unspecified atom stereocenters. The second kappa shape index (κ2) is 6.31. The number of nitrogens with one attached hydrogen (secondary N) is 2.